The van der Waals surface area contributed by atoms with Crippen LogP contribution in [0.5, 0.6) is 34.5 Å². The van der Waals surface area contributed by atoms with Crippen LogP contribution in [-0.4, -0.2) is 75.9 Å². The number of ether oxygens (including phenoxy) is 10. The van der Waals surface area contributed by atoms with Crippen molar-refractivity contribution < 1.29 is 83.3 Å². The summed E-state index contributed by atoms with van der Waals surface area (Å²) in [5.74, 6) is 0.678. The lowest BCUT2D eigenvalue weighted by Crippen LogP contribution is -2.31. The smallest absolute Gasteiger partial charge is 0.422 e. The lowest BCUT2D eigenvalue weighted by Gasteiger charge is -2.28. The highest BCUT2D eigenvalue weighted by Gasteiger charge is 2.40. The van der Waals surface area contributed by atoms with Gasteiger partial charge in [-0.15, -0.1) is 0 Å². The average Bonchev–Trinajstić information content (AvgIpc) is 1.47. The van der Waals surface area contributed by atoms with Gasteiger partial charge in [0.2, 0.25) is 13.6 Å². The lowest BCUT2D eigenvalue weighted by atomic mass is 9.92. The van der Waals surface area contributed by atoms with Gasteiger partial charge in [0.25, 0.3) is 0 Å². The minimum atomic E-state index is -4.83. The van der Waals surface area contributed by atoms with Crippen LogP contribution in [0.4, 0.5) is 26.3 Å². The molecule has 0 saturated heterocycles. The molecule has 0 atom stereocenters. The number of rotatable bonds is 23. The van der Waals surface area contributed by atoms with E-state index in [0.717, 1.165) is 54.9 Å². The van der Waals surface area contributed by atoms with Crippen LogP contribution < -0.4 is 28.4 Å². The molecule has 2 saturated carbocycles. The molecule has 0 bridgehead atoms. The summed E-state index contributed by atoms with van der Waals surface area (Å²) in [5, 5.41) is 3.92. The van der Waals surface area contributed by atoms with Crippen molar-refractivity contribution in [2.75, 3.05) is 27.2 Å². The molecule has 8 aromatic rings. The van der Waals surface area contributed by atoms with Crippen molar-refractivity contribution in [3.8, 4) is 67.9 Å². The first kappa shape index (κ1) is 60.1. The normalized spacial score (nSPS) is 17.0. The Morgan fingerprint density at radius 3 is 0.965 bits per heavy atom. The third-order valence-corrected chi connectivity index (χ3v) is 15.0. The van der Waals surface area contributed by atoms with Crippen molar-refractivity contribution >= 4 is 33.5 Å². The summed E-state index contributed by atoms with van der Waals surface area (Å²) in [6.07, 6.45) is -7.73. The molecule has 0 amide bonds. The van der Waals surface area contributed by atoms with Gasteiger partial charge < -0.3 is 47.4 Å². The summed E-state index contributed by atoms with van der Waals surface area (Å²) < 4.78 is 135. The number of esters is 2. The molecule has 12 nitrogen and oxygen atoms in total. The predicted molar refractivity (Wildman–Crippen MR) is 311 cm³/mol. The van der Waals surface area contributed by atoms with E-state index in [4.69, 9.17) is 47.4 Å². The van der Waals surface area contributed by atoms with E-state index in [1.54, 1.807) is 0 Å². The predicted octanol–water partition coefficient (Wildman–Crippen LogP) is 16.5. The SMILES string of the molecule is C=C(C(=O)OC1CCC(OCOc2ccc(-c3ccc(OCOc4ccc5ccccc5c4-c4c(OCOc5ccc(-c6ccc(OCOC7CCC(OC(=O)C(=C)C(F)(F)F)CC7)cc6)cc5)ccc5ccccc45)cc3)cc2)CC1)C(F)(F)F. The van der Waals surface area contributed by atoms with Crippen LogP contribution >= 0.6 is 0 Å². The van der Waals surface area contributed by atoms with Gasteiger partial charge >= 0.3 is 24.3 Å². The first-order valence-electron chi connectivity index (χ1n) is 27.9. The van der Waals surface area contributed by atoms with Crippen molar-refractivity contribution in [1.82, 2.24) is 0 Å². The molecule has 2 aliphatic rings. The Kier molecular flexibility index (Phi) is 19.1. The zero-order chi connectivity index (χ0) is 60.2. The molecule has 0 aliphatic heterocycles. The van der Waals surface area contributed by atoms with E-state index in [-0.39, 0.29) is 39.4 Å². The quantitative estimate of drug-likeness (QED) is 0.0262. The summed E-state index contributed by atoms with van der Waals surface area (Å²) in [6, 6.07) is 54.4. The minimum Gasteiger partial charge on any atom is -0.468 e. The Hall–Kier alpha value is -9.00. The average molecular weight is 1180 g/mol. The van der Waals surface area contributed by atoms with Crippen molar-refractivity contribution in [2.24, 2.45) is 0 Å². The Balaban J connectivity index is 0.707. The zero-order valence-corrected chi connectivity index (χ0v) is 46.5. The second kappa shape index (κ2) is 27.4. The summed E-state index contributed by atoms with van der Waals surface area (Å²) in [4.78, 5) is 23.6. The maximum Gasteiger partial charge on any atom is 0.422 e. The third-order valence-electron chi connectivity index (χ3n) is 15.0. The Morgan fingerprint density at radius 1 is 0.360 bits per heavy atom. The number of alkyl halides is 6. The highest BCUT2D eigenvalue weighted by atomic mass is 19.4. The second-order valence-electron chi connectivity index (χ2n) is 20.6. The number of carbonyl (C=O) groups is 2. The molecule has 2 fully saturated rings. The molecule has 0 aromatic heterocycles. The zero-order valence-electron chi connectivity index (χ0n) is 46.5. The fraction of sp³-hybridized carbons (Fsp3) is 0.265. The Labute approximate surface area is 492 Å². The molecule has 8 aromatic carbocycles. The van der Waals surface area contributed by atoms with E-state index in [9.17, 15) is 35.9 Å². The number of hydrogen-bond donors (Lipinski definition) is 0. The third kappa shape index (κ3) is 15.5. The largest absolute Gasteiger partial charge is 0.468 e. The van der Waals surface area contributed by atoms with E-state index in [2.05, 4.69) is 37.4 Å². The van der Waals surface area contributed by atoms with Gasteiger partial charge in [0.15, 0.2) is 13.6 Å². The van der Waals surface area contributed by atoms with Gasteiger partial charge in [-0.05, 0) is 156 Å². The molecule has 0 radical (unpaired) electrons. The van der Waals surface area contributed by atoms with Crippen LogP contribution in [0, 0.1) is 0 Å². The van der Waals surface area contributed by atoms with Crippen molar-refractivity contribution in [2.45, 2.75) is 88.1 Å². The molecule has 2 aliphatic carbocycles. The maximum absolute atomic E-state index is 12.8. The van der Waals surface area contributed by atoms with Gasteiger partial charge in [0.05, 0.1) is 12.2 Å². The van der Waals surface area contributed by atoms with Crippen LogP contribution in [0.1, 0.15) is 51.4 Å². The monoisotopic (exact) mass is 1180 g/mol. The van der Waals surface area contributed by atoms with E-state index in [1.807, 2.05) is 146 Å². The Morgan fingerprint density at radius 2 is 0.651 bits per heavy atom. The van der Waals surface area contributed by atoms with Crippen LogP contribution in [0.25, 0.3) is 54.9 Å². The first-order chi connectivity index (χ1) is 41.5. The molecule has 0 heterocycles. The molecular weight excluding hydrogens is 1120 g/mol. The number of hydrogen-bond acceptors (Lipinski definition) is 12. The Bertz CT molecular complexity index is 3390. The number of benzene rings is 8. The van der Waals surface area contributed by atoms with Crippen molar-refractivity contribution in [1.29, 1.82) is 0 Å². The van der Waals surface area contributed by atoms with Gasteiger partial charge in [0.1, 0.15) is 57.9 Å². The summed E-state index contributed by atoms with van der Waals surface area (Å²) >= 11 is 0. The molecule has 446 valence electrons. The molecular formula is C68H60F6O12. The van der Waals surface area contributed by atoms with E-state index in [1.165, 1.54) is 0 Å². The van der Waals surface area contributed by atoms with E-state index < -0.39 is 47.6 Å². The van der Waals surface area contributed by atoms with Crippen LogP contribution in [-0.2, 0) is 28.5 Å². The van der Waals surface area contributed by atoms with Gasteiger partial charge in [-0.1, -0.05) is 122 Å². The molecule has 10 rings (SSSR count). The van der Waals surface area contributed by atoms with Gasteiger partial charge in [0, 0.05) is 11.1 Å². The molecule has 0 N–H and O–H groups in total. The van der Waals surface area contributed by atoms with Gasteiger partial charge in [-0.25, -0.2) is 9.59 Å². The van der Waals surface area contributed by atoms with Gasteiger partial charge in [-0.2, -0.15) is 26.3 Å². The van der Waals surface area contributed by atoms with Crippen LogP contribution in [0.3, 0.4) is 0 Å². The van der Waals surface area contributed by atoms with Crippen molar-refractivity contribution in [3.05, 3.63) is 194 Å². The highest BCUT2D eigenvalue weighted by molar-refractivity contribution is 6.09. The van der Waals surface area contributed by atoms with E-state index >= 15 is 0 Å². The number of carbonyl (C=O) groups excluding carboxylic acids is 2. The topological polar surface area (TPSA) is 126 Å². The standard InChI is InChI=1S/C68H60F6O12/c1-43(67(69,70)71)65(75)85-57-33-29-55(30-34-57)79-39-77-51-21-11-45(12-22-51)47-15-25-53(26-16-47)81-41-83-61-37-19-49-7-3-5-9-59(49)63(61)64-60-10-6-4-8-50(60)20-38-62(64)84-42-82-54-27-17-48(18-28-54)46-13-23-52(24-14-46)78-40-80-56-31-35-58(36-32-56)86-66(76)44(2)68(72,73)74/h3-28,37-38,55-58H,1-2,29-36,39-42H2. The number of halogens is 6. The fourth-order valence-electron chi connectivity index (χ4n) is 10.3. The highest BCUT2D eigenvalue weighted by Crippen LogP contribution is 2.46. The maximum atomic E-state index is 12.8. The van der Waals surface area contributed by atoms with Crippen LogP contribution in [0.15, 0.2) is 194 Å². The lowest BCUT2D eigenvalue weighted by molar-refractivity contribution is -0.160. The fourth-order valence-corrected chi connectivity index (χ4v) is 10.3. The summed E-state index contributed by atoms with van der Waals surface area (Å²) in [6.45, 7) is 5.39. The second-order valence-corrected chi connectivity index (χ2v) is 20.6. The van der Waals surface area contributed by atoms with Crippen LogP contribution in [0.2, 0.25) is 0 Å². The van der Waals surface area contributed by atoms with E-state index in [0.29, 0.717) is 85.9 Å². The molecule has 86 heavy (non-hydrogen) atoms. The number of fused-ring (bicyclic) bond motifs is 2. The first-order valence-corrected chi connectivity index (χ1v) is 27.9. The summed E-state index contributed by atoms with van der Waals surface area (Å²) in [7, 11) is 0. The molecule has 0 spiro atoms. The molecule has 18 heteroatoms. The molecule has 0 unspecified atom stereocenters. The minimum absolute atomic E-state index is 0.0168. The van der Waals surface area contributed by atoms with Crippen molar-refractivity contribution in [3.63, 3.8) is 0 Å². The summed E-state index contributed by atoms with van der Waals surface area (Å²) in [5.41, 5.74) is 2.42. The van der Waals surface area contributed by atoms with Gasteiger partial charge in [-0.3, -0.25) is 0 Å².